The smallest absolute Gasteiger partial charge is 0.0190 e. The SMILES string of the molecule is ClC1=CC(c2ccc(C3CC3)cc2)=CCC1. The average molecular weight is 231 g/mol. The van der Waals surface area contributed by atoms with Crippen molar-refractivity contribution in [2.24, 2.45) is 0 Å². The molecule has 16 heavy (non-hydrogen) atoms. The summed E-state index contributed by atoms with van der Waals surface area (Å²) in [6.07, 6.45) is 9.16. The molecule has 0 spiro atoms. The van der Waals surface area contributed by atoms with Gasteiger partial charge >= 0.3 is 0 Å². The van der Waals surface area contributed by atoms with Crippen molar-refractivity contribution in [3.8, 4) is 0 Å². The van der Waals surface area contributed by atoms with Crippen molar-refractivity contribution >= 4 is 17.2 Å². The van der Waals surface area contributed by atoms with Crippen LogP contribution in [0, 0.1) is 0 Å². The first-order valence-corrected chi connectivity index (χ1v) is 6.37. The lowest BCUT2D eigenvalue weighted by atomic mass is 9.98. The maximum absolute atomic E-state index is 6.07. The van der Waals surface area contributed by atoms with E-state index in [2.05, 4.69) is 36.4 Å². The Bertz CT molecular complexity index is 447. The first-order chi connectivity index (χ1) is 7.83. The maximum Gasteiger partial charge on any atom is 0.0190 e. The van der Waals surface area contributed by atoms with Gasteiger partial charge in [0.25, 0.3) is 0 Å². The van der Waals surface area contributed by atoms with Crippen LogP contribution in [0.1, 0.15) is 42.7 Å². The van der Waals surface area contributed by atoms with Gasteiger partial charge in [0.15, 0.2) is 0 Å². The minimum absolute atomic E-state index is 0.841. The molecular formula is C15H15Cl. The minimum atomic E-state index is 0.841. The molecular weight excluding hydrogens is 216 g/mol. The van der Waals surface area contributed by atoms with Crippen LogP contribution in [0.2, 0.25) is 0 Å². The Hall–Kier alpha value is -1.01. The van der Waals surface area contributed by atoms with E-state index in [-0.39, 0.29) is 0 Å². The standard InChI is InChI=1S/C15H15Cl/c16-15-3-1-2-14(10-15)13-8-6-12(7-9-13)11-4-5-11/h2,6-11H,1,3-5H2. The summed E-state index contributed by atoms with van der Waals surface area (Å²) in [7, 11) is 0. The highest BCUT2D eigenvalue weighted by molar-refractivity contribution is 6.30. The van der Waals surface area contributed by atoms with Crippen LogP contribution >= 0.6 is 11.6 Å². The zero-order valence-corrected chi connectivity index (χ0v) is 10.0. The van der Waals surface area contributed by atoms with Gasteiger partial charge in [-0.25, -0.2) is 0 Å². The molecule has 1 aromatic rings. The van der Waals surface area contributed by atoms with Gasteiger partial charge in [0.2, 0.25) is 0 Å². The topological polar surface area (TPSA) is 0 Å². The summed E-state index contributed by atoms with van der Waals surface area (Å²) in [6, 6.07) is 8.99. The Labute approximate surface area is 102 Å². The van der Waals surface area contributed by atoms with Crippen molar-refractivity contribution < 1.29 is 0 Å². The normalized spacial score (nSPS) is 20.3. The number of benzene rings is 1. The third-order valence-electron chi connectivity index (χ3n) is 3.35. The monoisotopic (exact) mass is 230 g/mol. The minimum Gasteiger partial charge on any atom is -0.0891 e. The highest BCUT2D eigenvalue weighted by atomic mass is 35.5. The first kappa shape index (κ1) is 10.2. The van der Waals surface area contributed by atoms with Crippen LogP contribution in [0.4, 0.5) is 0 Å². The molecule has 0 saturated heterocycles. The molecule has 0 nitrogen and oxygen atoms in total. The predicted octanol–water partition coefficient (Wildman–Crippen LogP) is 4.86. The molecule has 82 valence electrons. The molecule has 1 aromatic carbocycles. The lowest BCUT2D eigenvalue weighted by molar-refractivity contribution is 1.02. The Morgan fingerprint density at radius 1 is 1.06 bits per heavy atom. The molecule has 0 N–H and O–H groups in total. The summed E-state index contributed by atoms with van der Waals surface area (Å²) >= 11 is 6.07. The van der Waals surface area contributed by atoms with Crippen molar-refractivity contribution in [3.05, 3.63) is 52.6 Å². The molecule has 1 fully saturated rings. The van der Waals surface area contributed by atoms with Gasteiger partial charge in [0.1, 0.15) is 0 Å². The predicted molar refractivity (Wildman–Crippen MR) is 69.6 cm³/mol. The second kappa shape index (κ2) is 4.10. The lowest BCUT2D eigenvalue weighted by Gasteiger charge is -2.10. The van der Waals surface area contributed by atoms with Crippen LogP contribution in [0.15, 0.2) is 41.4 Å². The van der Waals surface area contributed by atoms with Crippen LogP contribution in [-0.2, 0) is 0 Å². The third kappa shape index (κ3) is 2.08. The van der Waals surface area contributed by atoms with E-state index in [1.54, 1.807) is 0 Å². The maximum atomic E-state index is 6.07. The van der Waals surface area contributed by atoms with Crippen molar-refractivity contribution in [2.75, 3.05) is 0 Å². The lowest BCUT2D eigenvalue weighted by Crippen LogP contribution is -1.89. The third-order valence-corrected chi connectivity index (χ3v) is 3.65. The Balaban J connectivity index is 1.86. The second-order valence-corrected chi connectivity index (χ2v) is 5.17. The summed E-state index contributed by atoms with van der Waals surface area (Å²) in [5.74, 6) is 0.841. The van der Waals surface area contributed by atoms with Gasteiger partial charge in [-0.3, -0.25) is 0 Å². The fraction of sp³-hybridized carbons (Fsp3) is 0.333. The van der Waals surface area contributed by atoms with Gasteiger partial charge in [-0.1, -0.05) is 41.9 Å². The highest BCUT2D eigenvalue weighted by Gasteiger charge is 2.23. The molecule has 0 heterocycles. The summed E-state index contributed by atoms with van der Waals surface area (Å²) in [6.45, 7) is 0. The van der Waals surface area contributed by atoms with E-state index >= 15 is 0 Å². The van der Waals surface area contributed by atoms with Crippen molar-refractivity contribution in [1.82, 2.24) is 0 Å². The van der Waals surface area contributed by atoms with Crippen molar-refractivity contribution in [3.63, 3.8) is 0 Å². The van der Waals surface area contributed by atoms with Crippen LogP contribution in [0.3, 0.4) is 0 Å². The van der Waals surface area contributed by atoms with Crippen LogP contribution in [0.5, 0.6) is 0 Å². The summed E-state index contributed by atoms with van der Waals surface area (Å²) in [4.78, 5) is 0. The largest absolute Gasteiger partial charge is 0.0891 e. The van der Waals surface area contributed by atoms with Crippen LogP contribution in [-0.4, -0.2) is 0 Å². The Kier molecular flexibility index (Phi) is 2.61. The van der Waals surface area contributed by atoms with Gasteiger partial charge in [0, 0.05) is 5.03 Å². The summed E-state index contributed by atoms with van der Waals surface area (Å²) in [5.41, 5.74) is 4.07. The van der Waals surface area contributed by atoms with Crippen molar-refractivity contribution in [1.29, 1.82) is 0 Å². The zero-order valence-electron chi connectivity index (χ0n) is 9.25. The van der Waals surface area contributed by atoms with E-state index in [0.717, 1.165) is 23.8 Å². The number of allylic oxidation sites excluding steroid dienone is 4. The van der Waals surface area contributed by atoms with E-state index in [1.807, 2.05) is 0 Å². The van der Waals surface area contributed by atoms with E-state index in [1.165, 1.54) is 29.5 Å². The average Bonchev–Trinajstić information content (AvgIpc) is 3.13. The fourth-order valence-electron chi connectivity index (χ4n) is 2.23. The molecule has 0 atom stereocenters. The first-order valence-electron chi connectivity index (χ1n) is 5.99. The molecule has 0 aromatic heterocycles. The van der Waals surface area contributed by atoms with Gasteiger partial charge in [-0.2, -0.15) is 0 Å². The number of hydrogen-bond acceptors (Lipinski definition) is 0. The molecule has 0 unspecified atom stereocenters. The van der Waals surface area contributed by atoms with E-state index in [9.17, 15) is 0 Å². The van der Waals surface area contributed by atoms with Gasteiger partial charge < -0.3 is 0 Å². The molecule has 0 aliphatic heterocycles. The number of halogens is 1. The molecule has 1 saturated carbocycles. The van der Waals surface area contributed by atoms with Crippen molar-refractivity contribution in [2.45, 2.75) is 31.6 Å². The second-order valence-electron chi connectivity index (χ2n) is 4.69. The Morgan fingerprint density at radius 3 is 2.44 bits per heavy atom. The van der Waals surface area contributed by atoms with E-state index in [4.69, 9.17) is 11.6 Å². The molecule has 3 rings (SSSR count). The molecule has 2 aliphatic rings. The van der Waals surface area contributed by atoms with Crippen LogP contribution in [0.25, 0.3) is 5.57 Å². The zero-order chi connectivity index (χ0) is 11.0. The molecule has 0 amide bonds. The summed E-state index contributed by atoms with van der Waals surface area (Å²) in [5, 5.41) is 0.976. The molecule has 0 radical (unpaired) electrons. The Morgan fingerprint density at radius 2 is 1.81 bits per heavy atom. The molecule has 1 heteroatoms. The van der Waals surface area contributed by atoms with Crippen LogP contribution < -0.4 is 0 Å². The number of hydrogen-bond donors (Lipinski definition) is 0. The summed E-state index contributed by atoms with van der Waals surface area (Å²) < 4.78 is 0. The quantitative estimate of drug-likeness (QED) is 0.681. The fourth-order valence-corrected chi connectivity index (χ4v) is 2.46. The highest BCUT2D eigenvalue weighted by Crippen LogP contribution is 2.40. The molecule has 2 aliphatic carbocycles. The van der Waals surface area contributed by atoms with E-state index in [0.29, 0.717) is 0 Å². The van der Waals surface area contributed by atoms with Gasteiger partial charge in [-0.15, -0.1) is 0 Å². The van der Waals surface area contributed by atoms with Gasteiger partial charge in [-0.05, 0) is 54.4 Å². The van der Waals surface area contributed by atoms with E-state index < -0.39 is 0 Å². The number of rotatable bonds is 2. The van der Waals surface area contributed by atoms with Gasteiger partial charge in [0.05, 0.1) is 0 Å². The molecule has 0 bridgehead atoms.